The van der Waals surface area contributed by atoms with Crippen molar-refractivity contribution in [1.82, 2.24) is 0 Å². The molecule has 0 spiro atoms. The smallest absolute Gasteiger partial charge is 0.162 e. The lowest BCUT2D eigenvalue weighted by molar-refractivity contribution is -0.0168. The van der Waals surface area contributed by atoms with E-state index in [1.165, 1.54) is 25.1 Å². The first-order valence-electron chi connectivity index (χ1n) is 4.75. The molecule has 16 heavy (non-hydrogen) atoms. The fraction of sp³-hybridized carbons (Fsp3) is 0.364. The number of ketones is 1. The summed E-state index contributed by atoms with van der Waals surface area (Å²) in [6, 6.07) is 3.95. The molecule has 0 aliphatic rings. The second-order valence-electron chi connectivity index (χ2n) is 3.46. The molecule has 0 heterocycles. The first-order chi connectivity index (χ1) is 7.49. The summed E-state index contributed by atoms with van der Waals surface area (Å²) >= 11 is 0. The molecule has 4 nitrogen and oxygen atoms in total. The van der Waals surface area contributed by atoms with Crippen molar-refractivity contribution in [1.29, 1.82) is 0 Å². The van der Waals surface area contributed by atoms with Gasteiger partial charge in [-0.2, -0.15) is 0 Å². The normalized spacial score (nSPS) is 14.6. The van der Waals surface area contributed by atoms with Crippen LogP contribution in [0.3, 0.4) is 0 Å². The van der Waals surface area contributed by atoms with Gasteiger partial charge in [-0.15, -0.1) is 0 Å². The van der Waals surface area contributed by atoms with Gasteiger partial charge in [0.25, 0.3) is 0 Å². The van der Waals surface area contributed by atoms with Gasteiger partial charge < -0.3 is 15.3 Å². The molecule has 0 fully saturated rings. The lowest BCUT2D eigenvalue weighted by Gasteiger charge is -2.17. The van der Waals surface area contributed by atoms with Gasteiger partial charge in [-0.3, -0.25) is 4.79 Å². The number of Topliss-reactive ketones (excluding diaryl/α,β-unsaturated/α-hetero) is 1. The summed E-state index contributed by atoms with van der Waals surface area (Å²) in [5.41, 5.74) is -0.351. The Morgan fingerprint density at radius 1 is 1.44 bits per heavy atom. The molecule has 3 N–H and O–H groups in total. The molecule has 0 aliphatic carbocycles. The maximum absolute atomic E-state index is 13.7. The van der Waals surface area contributed by atoms with Crippen molar-refractivity contribution in [3.8, 4) is 0 Å². The van der Waals surface area contributed by atoms with E-state index in [4.69, 9.17) is 5.11 Å². The van der Waals surface area contributed by atoms with Crippen LogP contribution in [0.2, 0.25) is 0 Å². The van der Waals surface area contributed by atoms with E-state index in [2.05, 4.69) is 0 Å². The molecular weight excluding hydrogens is 215 g/mol. The number of carbonyl (C=O) groups is 1. The molecule has 2 atom stereocenters. The number of aliphatic hydroxyl groups excluding tert-OH is 3. The first-order valence-corrected chi connectivity index (χ1v) is 4.75. The predicted molar refractivity (Wildman–Crippen MR) is 54.5 cm³/mol. The molecule has 0 amide bonds. The molecule has 0 saturated heterocycles. The Hall–Kier alpha value is -1.30. The second kappa shape index (κ2) is 5.16. The van der Waals surface area contributed by atoms with E-state index >= 15 is 0 Å². The Kier molecular flexibility index (Phi) is 4.12. The van der Waals surface area contributed by atoms with E-state index < -0.39 is 30.4 Å². The number of carbonyl (C=O) groups excluding carboxylic acids is 1. The summed E-state index contributed by atoms with van der Waals surface area (Å²) in [5.74, 6) is -1.33. The zero-order valence-electron chi connectivity index (χ0n) is 8.72. The minimum atomic E-state index is -1.55. The zero-order valence-corrected chi connectivity index (χ0v) is 8.72. The third-order valence-electron chi connectivity index (χ3n) is 2.28. The standard InChI is InChI=1S/C11H13FO4/c1-6(14)7-3-2-4-8(10(7)12)11(16)9(15)5-13/h2-4,9,11,13,15-16H,5H2,1H3. The number of aliphatic hydroxyl groups is 3. The molecule has 1 aromatic carbocycles. The van der Waals surface area contributed by atoms with Gasteiger partial charge in [0.15, 0.2) is 5.78 Å². The van der Waals surface area contributed by atoms with Crippen molar-refractivity contribution in [3.63, 3.8) is 0 Å². The Bertz CT molecular complexity index is 392. The molecule has 0 saturated carbocycles. The van der Waals surface area contributed by atoms with Gasteiger partial charge in [-0.1, -0.05) is 12.1 Å². The Balaban J connectivity index is 3.15. The SMILES string of the molecule is CC(=O)c1cccc(C(O)C(O)CO)c1F. The van der Waals surface area contributed by atoms with Crippen LogP contribution >= 0.6 is 0 Å². The van der Waals surface area contributed by atoms with Crippen LogP contribution < -0.4 is 0 Å². The highest BCUT2D eigenvalue weighted by Gasteiger charge is 2.23. The third kappa shape index (κ3) is 2.44. The average molecular weight is 228 g/mol. The lowest BCUT2D eigenvalue weighted by atomic mass is 10.00. The van der Waals surface area contributed by atoms with Crippen molar-refractivity contribution in [2.45, 2.75) is 19.1 Å². The first kappa shape index (κ1) is 12.8. The third-order valence-corrected chi connectivity index (χ3v) is 2.28. The van der Waals surface area contributed by atoms with E-state index in [9.17, 15) is 19.4 Å². The average Bonchev–Trinajstić information content (AvgIpc) is 2.27. The summed E-state index contributed by atoms with van der Waals surface area (Å²) in [4.78, 5) is 11.0. The van der Waals surface area contributed by atoms with Gasteiger partial charge in [0.2, 0.25) is 0 Å². The molecule has 0 aromatic heterocycles. The highest BCUT2D eigenvalue weighted by atomic mass is 19.1. The molecule has 1 aromatic rings. The molecule has 0 aliphatic heterocycles. The van der Waals surface area contributed by atoms with E-state index in [0.29, 0.717) is 0 Å². The fourth-order valence-corrected chi connectivity index (χ4v) is 1.36. The van der Waals surface area contributed by atoms with Gasteiger partial charge in [-0.05, 0) is 13.0 Å². The van der Waals surface area contributed by atoms with E-state index in [1.54, 1.807) is 0 Å². The monoisotopic (exact) mass is 228 g/mol. The van der Waals surface area contributed by atoms with Crippen molar-refractivity contribution >= 4 is 5.78 Å². The van der Waals surface area contributed by atoms with Crippen molar-refractivity contribution in [2.75, 3.05) is 6.61 Å². The molecular formula is C11H13FO4. The van der Waals surface area contributed by atoms with E-state index in [-0.39, 0.29) is 11.1 Å². The van der Waals surface area contributed by atoms with Crippen LogP contribution in [-0.4, -0.2) is 33.8 Å². The maximum atomic E-state index is 13.7. The zero-order chi connectivity index (χ0) is 12.3. The van der Waals surface area contributed by atoms with Crippen LogP contribution in [0.5, 0.6) is 0 Å². The van der Waals surface area contributed by atoms with Crippen molar-refractivity contribution in [2.24, 2.45) is 0 Å². The number of hydrogen-bond donors (Lipinski definition) is 3. The highest BCUT2D eigenvalue weighted by molar-refractivity contribution is 5.94. The maximum Gasteiger partial charge on any atom is 0.162 e. The summed E-state index contributed by atoms with van der Waals surface area (Å²) in [6.45, 7) is 0.516. The Morgan fingerprint density at radius 3 is 2.56 bits per heavy atom. The summed E-state index contributed by atoms with van der Waals surface area (Å²) < 4.78 is 13.7. The van der Waals surface area contributed by atoms with Crippen molar-refractivity contribution in [3.05, 3.63) is 35.1 Å². The topological polar surface area (TPSA) is 77.8 Å². The largest absolute Gasteiger partial charge is 0.394 e. The van der Waals surface area contributed by atoms with Crippen LogP contribution in [0.4, 0.5) is 4.39 Å². The van der Waals surface area contributed by atoms with E-state index in [1.807, 2.05) is 0 Å². The Labute approximate surface area is 92.0 Å². The van der Waals surface area contributed by atoms with Gasteiger partial charge in [0, 0.05) is 5.56 Å². The molecule has 2 unspecified atom stereocenters. The molecule has 0 bridgehead atoms. The minimum Gasteiger partial charge on any atom is -0.394 e. The van der Waals surface area contributed by atoms with Crippen LogP contribution in [0.25, 0.3) is 0 Å². The minimum absolute atomic E-state index is 0.151. The molecule has 5 heteroatoms. The Morgan fingerprint density at radius 2 is 2.06 bits per heavy atom. The number of halogens is 1. The number of benzene rings is 1. The molecule has 1 rings (SSSR count). The van der Waals surface area contributed by atoms with Crippen LogP contribution in [0.1, 0.15) is 28.9 Å². The van der Waals surface area contributed by atoms with Crippen molar-refractivity contribution < 1.29 is 24.5 Å². The fourth-order valence-electron chi connectivity index (χ4n) is 1.36. The quantitative estimate of drug-likeness (QED) is 0.652. The summed E-state index contributed by atoms with van der Waals surface area (Å²) in [5, 5.41) is 27.3. The van der Waals surface area contributed by atoms with Gasteiger partial charge in [-0.25, -0.2) is 4.39 Å². The molecule has 88 valence electrons. The van der Waals surface area contributed by atoms with E-state index in [0.717, 1.165) is 0 Å². The number of hydrogen-bond acceptors (Lipinski definition) is 4. The summed E-state index contributed by atoms with van der Waals surface area (Å²) in [6.07, 6.45) is -3.03. The predicted octanol–water partition coefficient (Wildman–Crippen LogP) is 0.415. The van der Waals surface area contributed by atoms with Crippen LogP contribution in [0.15, 0.2) is 18.2 Å². The van der Waals surface area contributed by atoms with Gasteiger partial charge >= 0.3 is 0 Å². The van der Waals surface area contributed by atoms with Gasteiger partial charge in [0.1, 0.15) is 18.0 Å². The second-order valence-corrected chi connectivity index (χ2v) is 3.46. The summed E-state index contributed by atoms with van der Waals surface area (Å²) in [7, 11) is 0. The van der Waals surface area contributed by atoms with Gasteiger partial charge in [0.05, 0.1) is 12.2 Å². The number of rotatable bonds is 4. The lowest BCUT2D eigenvalue weighted by Crippen LogP contribution is -2.23. The molecule has 0 radical (unpaired) electrons. The highest BCUT2D eigenvalue weighted by Crippen LogP contribution is 2.22. The van der Waals surface area contributed by atoms with Crippen LogP contribution in [-0.2, 0) is 0 Å². The van der Waals surface area contributed by atoms with Crippen LogP contribution in [0, 0.1) is 5.82 Å².